The summed E-state index contributed by atoms with van der Waals surface area (Å²) in [5.74, 6) is 0.541. The predicted octanol–water partition coefficient (Wildman–Crippen LogP) is 2.77. The standard InChI is InChI=1S/C20H22N4O/c1-13-19(15-7-9-24(13)10-8-15)23-20(25)18-6-5-17(22-18)16-4-2-3-14(11-16)12-21/h2-6,11,13,15,19,22H,7-10H2,1H3,(H,23,25)/t13-,19-/m0/s1. The lowest BCUT2D eigenvalue weighted by Crippen LogP contribution is -2.62. The zero-order valence-corrected chi connectivity index (χ0v) is 14.3. The van der Waals surface area contributed by atoms with E-state index in [-0.39, 0.29) is 11.9 Å². The number of piperidine rings is 3. The van der Waals surface area contributed by atoms with Crippen LogP contribution in [0.2, 0.25) is 0 Å². The number of hydrogen-bond acceptors (Lipinski definition) is 3. The average molecular weight is 334 g/mol. The van der Waals surface area contributed by atoms with Crippen molar-refractivity contribution in [1.29, 1.82) is 5.26 Å². The van der Waals surface area contributed by atoms with Crippen LogP contribution in [-0.2, 0) is 0 Å². The number of nitrogens with one attached hydrogen (secondary N) is 2. The van der Waals surface area contributed by atoms with Gasteiger partial charge in [-0.1, -0.05) is 12.1 Å². The third-order valence-corrected chi connectivity index (χ3v) is 5.71. The molecule has 2 atom stereocenters. The summed E-state index contributed by atoms with van der Waals surface area (Å²) in [6.07, 6.45) is 2.35. The molecule has 0 aliphatic carbocycles. The minimum atomic E-state index is -0.0479. The van der Waals surface area contributed by atoms with Gasteiger partial charge >= 0.3 is 0 Å². The molecule has 3 saturated heterocycles. The molecule has 0 spiro atoms. The van der Waals surface area contributed by atoms with E-state index < -0.39 is 0 Å². The van der Waals surface area contributed by atoms with E-state index in [0.717, 1.165) is 24.3 Å². The average Bonchev–Trinajstić information content (AvgIpc) is 3.15. The molecule has 2 bridgehead atoms. The number of hydrogen-bond donors (Lipinski definition) is 2. The number of amides is 1. The number of H-pyrrole nitrogens is 1. The summed E-state index contributed by atoms with van der Waals surface area (Å²) in [6, 6.07) is 13.9. The predicted molar refractivity (Wildman–Crippen MR) is 96.0 cm³/mol. The van der Waals surface area contributed by atoms with Crippen molar-refractivity contribution in [1.82, 2.24) is 15.2 Å². The maximum atomic E-state index is 12.7. The van der Waals surface area contributed by atoms with Gasteiger partial charge in [-0.3, -0.25) is 9.69 Å². The highest BCUT2D eigenvalue weighted by Gasteiger charge is 2.40. The Balaban J connectivity index is 1.50. The summed E-state index contributed by atoms with van der Waals surface area (Å²) >= 11 is 0. The zero-order valence-electron chi connectivity index (χ0n) is 14.3. The van der Waals surface area contributed by atoms with Gasteiger partial charge in [0.1, 0.15) is 5.69 Å². The van der Waals surface area contributed by atoms with Crippen molar-refractivity contribution in [3.05, 3.63) is 47.7 Å². The lowest BCUT2D eigenvalue weighted by molar-refractivity contribution is 0.0216. The first kappa shape index (κ1) is 15.9. The molecule has 0 saturated carbocycles. The highest BCUT2D eigenvalue weighted by atomic mass is 16.2. The summed E-state index contributed by atoms with van der Waals surface area (Å²) in [6.45, 7) is 4.52. The topological polar surface area (TPSA) is 71.9 Å². The van der Waals surface area contributed by atoms with E-state index in [9.17, 15) is 4.79 Å². The number of fused-ring (bicyclic) bond motifs is 3. The van der Waals surface area contributed by atoms with Crippen LogP contribution in [0, 0.1) is 17.2 Å². The van der Waals surface area contributed by atoms with E-state index in [0.29, 0.717) is 23.2 Å². The van der Waals surface area contributed by atoms with Crippen molar-refractivity contribution in [2.75, 3.05) is 13.1 Å². The molecule has 3 fully saturated rings. The molecule has 4 heterocycles. The molecule has 5 rings (SSSR count). The molecule has 2 N–H and O–H groups in total. The van der Waals surface area contributed by atoms with Gasteiger partial charge in [0.05, 0.1) is 11.6 Å². The number of carbonyl (C=O) groups is 1. The Labute approximate surface area is 147 Å². The number of nitriles is 1. The Morgan fingerprint density at radius 2 is 2.08 bits per heavy atom. The summed E-state index contributed by atoms with van der Waals surface area (Å²) in [4.78, 5) is 18.4. The van der Waals surface area contributed by atoms with Crippen molar-refractivity contribution in [3.63, 3.8) is 0 Å². The first-order valence-corrected chi connectivity index (χ1v) is 8.90. The van der Waals surface area contributed by atoms with Crippen LogP contribution in [0.4, 0.5) is 0 Å². The van der Waals surface area contributed by atoms with Gasteiger partial charge in [0.15, 0.2) is 0 Å². The molecular formula is C20H22N4O. The van der Waals surface area contributed by atoms with E-state index in [1.165, 1.54) is 12.8 Å². The minimum Gasteiger partial charge on any atom is -0.351 e. The number of rotatable bonds is 3. The molecule has 5 heteroatoms. The fourth-order valence-corrected chi connectivity index (χ4v) is 4.23. The van der Waals surface area contributed by atoms with Crippen LogP contribution in [0.5, 0.6) is 0 Å². The first-order valence-electron chi connectivity index (χ1n) is 8.90. The Morgan fingerprint density at radius 3 is 2.80 bits per heavy atom. The van der Waals surface area contributed by atoms with E-state index >= 15 is 0 Å². The lowest BCUT2D eigenvalue weighted by Gasteiger charge is -2.49. The second kappa shape index (κ2) is 6.38. The van der Waals surface area contributed by atoms with Crippen LogP contribution in [0.15, 0.2) is 36.4 Å². The Kier molecular flexibility index (Phi) is 4.06. The summed E-state index contributed by atoms with van der Waals surface area (Å²) in [5.41, 5.74) is 2.94. The van der Waals surface area contributed by atoms with Crippen LogP contribution in [-0.4, -0.2) is 41.0 Å². The van der Waals surface area contributed by atoms with Crippen molar-refractivity contribution >= 4 is 5.91 Å². The van der Waals surface area contributed by atoms with Gasteiger partial charge in [-0.2, -0.15) is 5.26 Å². The Hall–Kier alpha value is -2.58. The van der Waals surface area contributed by atoms with Crippen molar-refractivity contribution in [2.24, 2.45) is 5.92 Å². The number of carbonyl (C=O) groups excluding carboxylic acids is 1. The summed E-state index contributed by atoms with van der Waals surface area (Å²) in [5, 5.41) is 12.3. The molecule has 25 heavy (non-hydrogen) atoms. The second-order valence-electron chi connectivity index (χ2n) is 7.09. The highest BCUT2D eigenvalue weighted by molar-refractivity contribution is 5.93. The maximum absolute atomic E-state index is 12.7. The van der Waals surface area contributed by atoms with Gasteiger partial charge < -0.3 is 10.3 Å². The fraction of sp³-hybridized carbons (Fsp3) is 0.400. The van der Waals surface area contributed by atoms with Gasteiger partial charge in [0.25, 0.3) is 5.91 Å². The smallest absolute Gasteiger partial charge is 0.267 e. The van der Waals surface area contributed by atoms with Gasteiger partial charge in [-0.05, 0) is 68.6 Å². The summed E-state index contributed by atoms with van der Waals surface area (Å²) < 4.78 is 0. The molecule has 3 aliphatic heterocycles. The number of nitrogens with zero attached hydrogens (tertiary/aromatic N) is 2. The van der Waals surface area contributed by atoms with Crippen LogP contribution in [0.1, 0.15) is 35.8 Å². The van der Waals surface area contributed by atoms with E-state index in [4.69, 9.17) is 5.26 Å². The molecule has 0 unspecified atom stereocenters. The van der Waals surface area contributed by atoms with E-state index in [2.05, 4.69) is 28.2 Å². The van der Waals surface area contributed by atoms with Gasteiger partial charge in [0, 0.05) is 17.8 Å². The molecule has 1 aromatic heterocycles. The molecular weight excluding hydrogens is 312 g/mol. The quantitative estimate of drug-likeness (QED) is 0.906. The number of aromatic nitrogens is 1. The lowest BCUT2D eigenvalue weighted by atomic mass is 9.79. The highest BCUT2D eigenvalue weighted by Crippen LogP contribution is 2.32. The second-order valence-corrected chi connectivity index (χ2v) is 7.09. The SMILES string of the molecule is C[C@H]1[C@H](NC(=O)c2ccc(-c3cccc(C#N)c3)[nH]2)C2CCN1CC2. The third-order valence-electron chi connectivity index (χ3n) is 5.71. The minimum absolute atomic E-state index is 0.0479. The van der Waals surface area contributed by atoms with Crippen molar-refractivity contribution < 1.29 is 4.79 Å². The normalized spacial score (nSPS) is 27.7. The van der Waals surface area contributed by atoms with Crippen molar-refractivity contribution in [3.8, 4) is 17.3 Å². The van der Waals surface area contributed by atoms with Gasteiger partial charge in [-0.25, -0.2) is 0 Å². The van der Waals surface area contributed by atoms with Crippen molar-refractivity contribution in [2.45, 2.75) is 31.8 Å². The summed E-state index contributed by atoms with van der Waals surface area (Å²) in [7, 11) is 0. The third kappa shape index (κ3) is 2.94. The molecule has 0 radical (unpaired) electrons. The zero-order chi connectivity index (χ0) is 17.4. The maximum Gasteiger partial charge on any atom is 0.267 e. The Morgan fingerprint density at radius 1 is 1.28 bits per heavy atom. The van der Waals surface area contributed by atoms with E-state index in [1.54, 1.807) is 6.07 Å². The van der Waals surface area contributed by atoms with E-state index in [1.807, 2.05) is 30.3 Å². The molecule has 5 nitrogen and oxygen atoms in total. The van der Waals surface area contributed by atoms with Crippen LogP contribution < -0.4 is 5.32 Å². The van der Waals surface area contributed by atoms with Gasteiger partial charge in [0.2, 0.25) is 0 Å². The van der Waals surface area contributed by atoms with Gasteiger partial charge in [-0.15, -0.1) is 0 Å². The monoisotopic (exact) mass is 334 g/mol. The molecule has 3 aliphatic rings. The molecule has 128 valence electrons. The largest absolute Gasteiger partial charge is 0.351 e. The number of benzene rings is 1. The first-order chi connectivity index (χ1) is 12.2. The Bertz CT molecular complexity index is 824. The van der Waals surface area contributed by atoms with Crippen LogP contribution in [0.3, 0.4) is 0 Å². The molecule has 1 amide bonds. The van der Waals surface area contributed by atoms with Crippen LogP contribution in [0.25, 0.3) is 11.3 Å². The molecule has 1 aromatic carbocycles. The number of aromatic amines is 1. The van der Waals surface area contributed by atoms with Crippen LogP contribution >= 0.6 is 0 Å². The fourth-order valence-electron chi connectivity index (χ4n) is 4.23. The molecule has 2 aromatic rings.